The standard InChI is InChI=1S/C14H17N3O/c1-4-17-9-12(8-15-17)14(18)16-13-7-5-6-10(2)11(13)3/h5-9H,4H2,1-3H3,(H,16,18). The molecule has 0 aliphatic rings. The third kappa shape index (κ3) is 2.42. The van der Waals surface area contributed by atoms with Crippen molar-refractivity contribution >= 4 is 11.6 Å². The molecule has 1 amide bonds. The van der Waals surface area contributed by atoms with Crippen molar-refractivity contribution in [3.05, 3.63) is 47.3 Å². The van der Waals surface area contributed by atoms with Gasteiger partial charge in [0.15, 0.2) is 0 Å². The first-order valence-corrected chi connectivity index (χ1v) is 6.02. The number of amides is 1. The lowest BCUT2D eigenvalue weighted by Crippen LogP contribution is -2.12. The first kappa shape index (κ1) is 12.4. The van der Waals surface area contributed by atoms with Crippen LogP contribution in [0.5, 0.6) is 0 Å². The molecular weight excluding hydrogens is 226 g/mol. The maximum absolute atomic E-state index is 12.0. The van der Waals surface area contributed by atoms with Crippen LogP contribution in [0.15, 0.2) is 30.6 Å². The van der Waals surface area contributed by atoms with Crippen molar-refractivity contribution in [3.63, 3.8) is 0 Å². The van der Waals surface area contributed by atoms with Crippen LogP contribution in [0.25, 0.3) is 0 Å². The van der Waals surface area contributed by atoms with E-state index in [0.717, 1.165) is 23.4 Å². The molecule has 0 fully saturated rings. The summed E-state index contributed by atoms with van der Waals surface area (Å²) in [4.78, 5) is 12.0. The molecule has 2 rings (SSSR count). The van der Waals surface area contributed by atoms with E-state index in [1.54, 1.807) is 17.1 Å². The number of anilines is 1. The van der Waals surface area contributed by atoms with Crippen molar-refractivity contribution in [2.45, 2.75) is 27.3 Å². The molecule has 1 aromatic carbocycles. The fraction of sp³-hybridized carbons (Fsp3) is 0.286. The lowest BCUT2D eigenvalue weighted by molar-refractivity contribution is 0.102. The number of hydrogen-bond acceptors (Lipinski definition) is 2. The Labute approximate surface area is 107 Å². The van der Waals surface area contributed by atoms with Gasteiger partial charge in [-0.3, -0.25) is 9.48 Å². The number of nitrogens with one attached hydrogen (secondary N) is 1. The third-order valence-corrected chi connectivity index (χ3v) is 3.07. The van der Waals surface area contributed by atoms with Crippen molar-refractivity contribution in [1.29, 1.82) is 0 Å². The number of aromatic nitrogens is 2. The van der Waals surface area contributed by atoms with E-state index in [1.165, 1.54) is 0 Å². The first-order chi connectivity index (χ1) is 8.61. The molecule has 0 aliphatic heterocycles. The second-order valence-electron chi connectivity index (χ2n) is 4.29. The topological polar surface area (TPSA) is 46.9 Å². The van der Waals surface area contributed by atoms with Gasteiger partial charge in [-0.1, -0.05) is 12.1 Å². The zero-order valence-corrected chi connectivity index (χ0v) is 10.9. The van der Waals surface area contributed by atoms with E-state index < -0.39 is 0 Å². The van der Waals surface area contributed by atoms with E-state index in [4.69, 9.17) is 0 Å². The predicted octanol–water partition coefficient (Wildman–Crippen LogP) is 2.77. The predicted molar refractivity (Wildman–Crippen MR) is 71.8 cm³/mol. The molecule has 0 radical (unpaired) electrons. The summed E-state index contributed by atoms with van der Waals surface area (Å²) in [6, 6.07) is 5.87. The van der Waals surface area contributed by atoms with Crippen LogP contribution in [0, 0.1) is 13.8 Å². The molecule has 1 N–H and O–H groups in total. The zero-order chi connectivity index (χ0) is 13.1. The van der Waals surface area contributed by atoms with Gasteiger partial charge in [-0.05, 0) is 38.0 Å². The van der Waals surface area contributed by atoms with Crippen molar-refractivity contribution in [1.82, 2.24) is 9.78 Å². The van der Waals surface area contributed by atoms with Crippen LogP contribution in [-0.2, 0) is 6.54 Å². The largest absolute Gasteiger partial charge is 0.322 e. The fourth-order valence-electron chi connectivity index (χ4n) is 1.73. The van der Waals surface area contributed by atoms with Gasteiger partial charge in [0, 0.05) is 18.4 Å². The number of rotatable bonds is 3. The van der Waals surface area contributed by atoms with E-state index in [1.807, 2.05) is 39.0 Å². The molecule has 0 saturated carbocycles. The number of nitrogens with zero attached hydrogens (tertiary/aromatic N) is 2. The summed E-state index contributed by atoms with van der Waals surface area (Å²) in [5.41, 5.74) is 3.69. The Morgan fingerprint density at radius 1 is 1.39 bits per heavy atom. The monoisotopic (exact) mass is 243 g/mol. The molecule has 0 spiro atoms. The van der Waals surface area contributed by atoms with Gasteiger partial charge in [-0.25, -0.2) is 0 Å². The minimum Gasteiger partial charge on any atom is -0.322 e. The summed E-state index contributed by atoms with van der Waals surface area (Å²) >= 11 is 0. The molecule has 0 unspecified atom stereocenters. The van der Waals surface area contributed by atoms with Gasteiger partial charge in [0.1, 0.15) is 0 Å². The number of carbonyl (C=O) groups is 1. The second-order valence-corrected chi connectivity index (χ2v) is 4.29. The van der Waals surface area contributed by atoms with Crippen LogP contribution >= 0.6 is 0 Å². The Morgan fingerprint density at radius 3 is 2.83 bits per heavy atom. The molecule has 2 aromatic rings. The molecule has 18 heavy (non-hydrogen) atoms. The van der Waals surface area contributed by atoms with Crippen molar-refractivity contribution in [2.75, 3.05) is 5.32 Å². The average Bonchev–Trinajstić information content (AvgIpc) is 2.83. The van der Waals surface area contributed by atoms with Crippen molar-refractivity contribution in [2.24, 2.45) is 0 Å². The Bertz CT molecular complexity index is 572. The molecular formula is C14H17N3O. The number of carbonyl (C=O) groups excluding carboxylic acids is 1. The average molecular weight is 243 g/mol. The van der Waals surface area contributed by atoms with Crippen LogP contribution in [0.4, 0.5) is 5.69 Å². The van der Waals surface area contributed by atoms with Gasteiger partial charge >= 0.3 is 0 Å². The highest BCUT2D eigenvalue weighted by Gasteiger charge is 2.10. The van der Waals surface area contributed by atoms with Crippen LogP contribution in [-0.4, -0.2) is 15.7 Å². The molecule has 0 saturated heterocycles. The summed E-state index contributed by atoms with van der Waals surface area (Å²) in [5, 5.41) is 7.01. The highest BCUT2D eigenvalue weighted by Crippen LogP contribution is 2.18. The maximum Gasteiger partial charge on any atom is 0.258 e. The lowest BCUT2D eigenvalue weighted by atomic mass is 10.1. The van der Waals surface area contributed by atoms with E-state index in [-0.39, 0.29) is 5.91 Å². The Hall–Kier alpha value is -2.10. The molecule has 0 bridgehead atoms. The summed E-state index contributed by atoms with van der Waals surface area (Å²) in [6.07, 6.45) is 3.34. The minimum atomic E-state index is -0.122. The SMILES string of the molecule is CCn1cc(C(=O)Nc2cccc(C)c2C)cn1. The van der Waals surface area contributed by atoms with E-state index >= 15 is 0 Å². The van der Waals surface area contributed by atoms with E-state index in [2.05, 4.69) is 10.4 Å². The Balaban J connectivity index is 2.18. The van der Waals surface area contributed by atoms with Gasteiger partial charge < -0.3 is 5.32 Å². The summed E-state index contributed by atoms with van der Waals surface area (Å²) in [6.45, 7) is 6.77. The van der Waals surface area contributed by atoms with Crippen molar-refractivity contribution < 1.29 is 4.79 Å². The zero-order valence-electron chi connectivity index (χ0n) is 10.9. The smallest absolute Gasteiger partial charge is 0.258 e. The third-order valence-electron chi connectivity index (χ3n) is 3.07. The van der Waals surface area contributed by atoms with E-state index in [9.17, 15) is 4.79 Å². The number of benzene rings is 1. The highest BCUT2D eigenvalue weighted by atomic mass is 16.1. The van der Waals surface area contributed by atoms with Gasteiger partial charge in [0.25, 0.3) is 5.91 Å². The molecule has 4 heteroatoms. The van der Waals surface area contributed by atoms with Crippen molar-refractivity contribution in [3.8, 4) is 0 Å². The van der Waals surface area contributed by atoms with Gasteiger partial charge in [-0.2, -0.15) is 5.10 Å². The first-order valence-electron chi connectivity index (χ1n) is 6.02. The molecule has 1 heterocycles. The lowest BCUT2D eigenvalue weighted by Gasteiger charge is -2.09. The normalized spacial score (nSPS) is 10.4. The molecule has 1 aromatic heterocycles. The fourth-order valence-corrected chi connectivity index (χ4v) is 1.73. The molecule has 4 nitrogen and oxygen atoms in total. The highest BCUT2D eigenvalue weighted by molar-refractivity contribution is 6.04. The van der Waals surface area contributed by atoms with Crippen LogP contribution in [0.3, 0.4) is 0 Å². The second kappa shape index (κ2) is 5.04. The Kier molecular flexibility index (Phi) is 3.46. The van der Waals surface area contributed by atoms with E-state index in [0.29, 0.717) is 5.56 Å². The summed E-state index contributed by atoms with van der Waals surface area (Å²) < 4.78 is 1.73. The van der Waals surface area contributed by atoms with Gasteiger partial charge in [-0.15, -0.1) is 0 Å². The van der Waals surface area contributed by atoms with Gasteiger partial charge in [0.05, 0.1) is 11.8 Å². The summed E-state index contributed by atoms with van der Waals surface area (Å²) in [5.74, 6) is -0.122. The molecule has 0 atom stereocenters. The maximum atomic E-state index is 12.0. The Morgan fingerprint density at radius 2 is 2.17 bits per heavy atom. The molecule has 94 valence electrons. The van der Waals surface area contributed by atoms with Gasteiger partial charge in [0.2, 0.25) is 0 Å². The van der Waals surface area contributed by atoms with Crippen LogP contribution in [0.1, 0.15) is 28.4 Å². The van der Waals surface area contributed by atoms with Crippen LogP contribution < -0.4 is 5.32 Å². The van der Waals surface area contributed by atoms with Crippen LogP contribution in [0.2, 0.25) is 0 Å². The number of hydrogen-bond donors (Lipinski definition) is 1. The number of aryl methyl sites for hydroxylation is 2. The quantitative estimate of drug-likeness (QED) is 0.901. The minimum absolute atomic E-state index is 0.122. The summed E-state index contributed by atoms with van der Waals surface area (Å²) in [7, 11) is 0. The molecule has 0 aliphatic carbocycles.